The van der Waals surface area contributed by atoms with Crippen molar-refractivity contribution in [3.63, 3.8) is 0 Å². The highest BCUT2D eigenvalue weighted by molar-refractivity contribution is 7.18. The smallest absolute Gasteiger partial charge is 0.387 e. The number of alkyl halides is 4. The Morgan fingerprint density at radius 3 is 2.57 bits per heavy atom. The Morgan fingerprint density at radius 1 is 1.14 bits per heavy atom. The van der Waals surface area contributed by atoms with Crippen LogP contribution in [0.15, 0.2) is 46.7 Å². The van der Waals surface area contributed by atoms with Crippen molar-refractivity contribution in [1.29, 1.82) is 5.26 Å². The largest absolute Gasteiger partial charge is 0.491 e. The molecule has 0 aliphatic heterocycles. The predicted molar refractivity (Wildman–Crippen MR) is 151 cm³/mol. The van der Waals surface area contributed by atoms with Crippen LogP contribution in [0.2, 0.25) is 5.02 Å². The molecule has 0 saturated heterocycles. The van der Waals surface area contributed by atoms with E-state index in [9.17, 15) is 37.5 Å². The Balaban J connectivity index is 1.51. The molecule has 0 bridgehead atoms. The third kappa shape index (κ3) is 5.81. The van der Waals surface area contributed by atoms with E-state index in [2.05, 4.69) is 19.4 Å². The molecule has 5 rings (SSSR count). The van der Waals surface area contributed by atoms with Crippen LogP contribution in [0.4, 0.5) is 17.6 Å². The van der Waals surface area contributed by atoms with Gasteiger partial charge in [-0.2, -0.15) is 22.8 Å². The highest BCUT2D eigenvalue weighted by atomic mass is 35.5. The van der Waals surface area contributed by atoms with Crippen LogP contribution in [0.5, 0.6) is 17.2 Å². The predicted octanol–water partition coefficient (Wildman–Crippen LogP) is 6.49. The molecular weight excluding hydrogens is 632 g/mol. The molecule has 1 N–H and O–H groups in total. The number of aromatic nitrogens is 3. The SMILES string of the molecule is Cc1nc2cc(OC(F)F)c(OC(F)F)c(C#N)c2c(=O)n1CCOc1ccc(Cl)cc1-c1ccnc2c(C(=O)O)csc12. The average molecular weight is 649 g/mol. The fourth-order valence-electron chi connectivity index (χ4n) is 4.59. The molecule has 0 fully saturated rings. The number of nitriles is 1. The number of carbonyl (C=O) groups is 1. The van der Waals surface area contributed by atoms with Gasteiger partial charge in [-0.25, -0.2) is 9.78 Å². The summed E-state index contributed by atoms with van der Waals surface area (Å²) in [4.78, 5) is 33.5. The fourth-order valence-corrected chi connectivity index (χ4v) is 5.79. The van der Waals surface area contributed by atoms with Gasteiger partial charge in [-0.3, -0.25) is 14.3 Å². The van der Waals surface area contributed by atoms with Crippen LogP contribution in [0.3, 0.4) is 0 Å². The van der Waals surface area contributed by atoms with Crippen molar-refractivity contribution in [3.8, 4) is 34.4 Å². The number of aromatic carboxylic acids is 1. The van der Waals surface area contributed by atoms with Gasteiger partial charge in [0.2, 0.25) is 0 Å². The number of hydrogen-bond donors (Lipinski definition) is 1. The maximum absolute atomic E-state index is 13.5. The second-order valence-corrected chi connectivity index (χ2v) is 10.3. The third-order valence-corrected chi connectivity index (χ3v) is 7.62. The second kappa shape index (κ2) is 12.3. The highest BCUT2D eigenvalue weighted by Crippen LogP contribution is 2.40. The maximum Gasteiger partial charge on any atom is 0.387 e. The first-order chi connectivity index (χ1) is 21.0. The number of fused-ring (bicyclic) bond motifs is 2. The standard InChI is InChI=1S/C28H17ClF4N4O6S/c1-12-36-18-9-20(42-27(30)31)23(43-28(32)33)16(10-34)21(18)25(38)37(12)6-7-41-19-3-2-13(29)8-15(19)14-4-5-35-22-17(26(39)40)11-44-24(14)22/h2-5,8-9,11,27-28H,6-7H2,1H3,(H,39,40). The number of aryl methyl sites for hydroxylation is 1. The molecule has 0 aliphatic carbocycles. The summed E-state index contributed by atoms with van der Waals surface area (Å²) >= 11 is 7.45. The number of pyridine rings is 1. The molecule has 0 spiro atoms. The van der Waals surface area contributed by atoms with Gasteiger partial charge in [-0.15, -0.1) is 11.3 Å². The first-order valence-corrected chi connectivity index (χ1v) is 13.7. The topological polar surface area (TPSA) is 137 Å². The van der Waals surface area contributed by atoms with E-state index in [0.717, 1.165) is 10.6 Å². The van der Waals surface area contributed by atoms with E-state index in [1.807, 2.05) is 0 Å². The molecule has 0 saturated carbocycles. The van der Waals surface area contributed by atoms with Crippen LogP contribution < -0.4 is 19.8 Å². The van der Waals surface area contributed by atoms with Gasteiger partial charge >= 0.3 is 19.2 Å². The lowest BCUT2D eigenvalue weighted by molar-refractivity contribution is -0.0692. The molecule has 16 heteroatoms. The maximum atomic E-state index is 13.5. The molecule has 226 valence electrons. The minimum atomic E-state index is -3.51. The van der Waals surface area contributed by atoms with Gasteiger partial charge in [-0.1, -0.05) is 11.6 Å². The van der Waals surface area contributed by atoms with E-state index < -0.39 is 47.2 Å². The molecule has 0 unspecified atom stereocenters. The Hall–Kier alpha value is -4.94. The van der Waals surface area contributed by atoms with Crippen LogP contribution in [0.25, 0.3) is 32.2 Å². The van der Waals surface area contributed by atoms with Crippen LogP contribution >= 0.6 is 22.9 Å². The molecule has 0 amide bonds. The molecular formula is C28H17ClF4N4O6S. The van der Waals surface area contributed by atoms with E-state index in [4.69, 9.17) is 16.3 Å². The molecule has 5 aromatic rings. The van der Waals surface area contributed by atoms with Gasteiger partial charge in [0, 0.05) is 33.8 Å². The van der Waals surface area contributed by atoms with E-state index in [-0.39, 0.29) is 30.1 Å². The van der Waals surface area contributed by atoms with E-state index in [1.165, 1.54) is 29.8 Å². The normalized spacial score (nSPS) is 11.3. The molecule has 0 radical (unpaired) electrons. The first-order valence-electron chi connectivity index (χ1n) is 12.4. The summed E-state index contributed by atoms with van der Waals surface area (Å²) < 4.78 is 68.4. The van der Waals surface area contributed by atoms with Crippen molar-refractivity contribution in [1.82, 2.24) is 14.5 Å². The lowest BCUT2D eigenvalue weighted by Gasteiger charge is -2.17. The number of hydrogen-bond acceptors (Lipinski definition) is 9. The van der Waals surface area contributed by atoms with Crippen LogP contribution in [0.1, 0.15) is 21.7 Å². The van der Waals surface area contributed by atoms with Gasteiger partial charge in [-0.05, 0) is 31.2 Å². The molecule has 3 heterocycles. The molecule has 0 aliphatic rings. The third-order valence-electron chi connectivity index (χ3n) is 6.38. The Labute approximate surface area is 253 Å². The fraction of sp³-hybridized carbons (Fsp3) is 0.179. The van der Waals surface area contributed by atoms with Gasteiger partial charge in [0.05, 0.1) is 33.2 Å². The average Bonchev–Trinajstić information content (AvgIpc) is 3.40. The van der Waals surface area contributed by atoms with E-state index >= 15 is 0 Å². The molecule has 10 nitrogen and oxygen atoms in total. The summed E-state index contributed by atoms with van der Waals surface area (Å²) in [5.41, 5.74) is -0.347. The summed E-state index contributed by atoms with van der Waals surface area (Å²) in [5, 5.41) is 20.6. The molecule has 0 atom stereocenters. The number of ether oxygens (including phenoxy) is 3. The van der Waals surface area contributed by atoms with E-state index in [1.54, 1.807) is 30.3 Å². The van der Waals surface area contributed by atoms with Crippen LogP contribution in [0, 0.1) is 18.3 Å². The number of halogens is 5. The van der Waals surface area contributed by atoms with Gasteiger partial charge in [0.25, 0.3) is 5.56 Å². The van der Waals surface area contributed by atoms with E-state index in [0.29, 0.717) is 32.1 Å². The first kappa shape index (κ1) is 30.5. The highest BCUT2D eigenvalue weighted by Gasteiger charge is 2.25. The number of carboxylic acids is 1. The second-order valence-electron chi connectivity index (χ2n) is 8.94. The van der Waals surface area contributed by atoms with Crippen molar-refractivity contribution < 1.29 is 41.7 Å². The van der Waals surface area contributed by atoms with Gasteiger partial charge in [0.1, 0.15) is 29.8 Å². The zero-order valence-electron chi connectivity index (χ0n) is 22.2. The Morgan fingerprint density at radius 2 is 1.89 bits per heavy atom. The van der Waals surface area contributed by atoms with Crippen molar-refractivity contribution in [3.05, 3.63) is 74.2 Å². The van der Waals surface area contributed by atoms with Crippen LogP contribution in [-0.4, -0.2) is 45.4 Å². The van der Waals surface area contributed by atoms with Crippen LogP contribution in [-0.2, 0) is 6.54 Å². The number of thiophene rings is 1. The molecule has 44 heavy (non-hydrogen) atoms. The minimum absolute atomic E-state index is 0.0433. The quantitative estimate of drug-likeness (QED) is 0.169. The van der Waals surface area contributed by atoms with Crippen molar-refractivity contribution in [2.75, 3.05) is 6.61 Å². The lowest BCUT2D eigenvalue weighted by Crippen LogP contribution is -2.27. The van der Waals surface area contributed by atoms with Crippen molar-refractivity contribution in [2.24, 2.45) is 0 Å². The minimum Gasteiger partial charge on any atom is -0.491 e. The summed E-state index contributed by atoms with van der Waals surface area (Å²) in [6.07, 6.45) is 1.46. The Kier molecular flexibility index (Phi) is 8.56. The monoisotopic (exact) mass is 648 g/mol. The Bertz CT molecular complexity index is 2030. The molecule has 2 aromatic carbocycles. The zero-order valence-corrected chi connectivity index (χ0v) is 23.8. The zero-order chi connectivity index (χ0) is 31.7. The summed E-state index contributed by atoms with van der Waals surface area (Å²) in [6, 6.07) is 8.86. The van der Waals surface area contributed by atoms with Gasteiger partial charge in [0.15, 0.2) is 11.5 Å². The summed E-state index contributed by atoms with van der Waals surface area (Å²) in [7, 11) is 0. The number of rotatable bonds is 10. The summed E-state index contributed by atoms with van der Waals surface area (Å²) in [6.45, 7) is -5.75. The number of benzene rings is 2. The summed E-state index contributed by atoms with van der Waals surface area (Å²) in [5.74, 6) is -2.58. The van der Waals surface area contributed by atoms with Crippen molar-refractivity contribution >= 4 is 50.0 Å². The number of carboxylic acid groups (broad SMARTS) is 1. The van der Waals surface area contributed by atoms with Gasteiger partial charge < -0.3 is 19.3 Å². The van der Waals surface area contributed by atoms with Crippen molar-refractivity contribution in [2.45, 2.75) is 26.7 Å². The lowest BCUT2D eigenvalue weighted by atomic mass is 10.0. The molecule has 3 aromatic heterocycles. The number of nitrogens with zero attached hydrogens (tertiary/aromatic N) is 4.